The summed E-state index contributed by atoms with van der Waals surface area (Å²) in [5, 5.41) is 13.8. The molecule has 1 fully saturated rings. The number of hydrogen-bond donors (Lipinski definition) is 2. The zero-order valence-electron chi connectivity index (χ0n) is 12.7. The highest BCUT2D eigenvalue weighted by Crippen LogP contribution is 2.11. The Balaban J connectivity index is 1.98. The fourth-order valence-electron chi connectivity index (χ4n) is 2.04. The van der Waals surface area contributed by atoms with E-state index in [1.54, 1.807) is 10.9 Å². The Morgan fingerprint density at radius 1 is 1.52 bits per heavy atom. The van der Waals surface area contributed by atoms with Crippen molar-refractivity contribution in [3.8, 4) is 0 Å². The van der Waals surface area contributed by atoms with E-state index < -0.39 is 0 Å². The van der Waals surface area contributed by atoms with Crippen LogP contribution in [0.3, 0.4) is 0 Å². The van der Waals surface area contributed by atoms with Gasteiger partial charge in [0.25, 0.3) is 5.91 Å². The van der Waals surface area contributed by atoms with E-state index in [4.69, 9.17) is 0 Å². The number of nitrogens with zero attached hydrogens (tertiary/aromatic N) is 4. The number of carbonyl (C=O) groups is 2. The molecule has 2 heterocycles. The minimum absolute atomic E-state index is 0.0331. The van der Waals surface area contributed by atoms with Crippen LogP contribution in [-0.4, -0.2) is 63.9 Å². The number of amides is 2. The molecule has 0 unspecified atom stereocenters. The molecule has 0 atom stereocenters. The normalized spacial score (nSPS) is 14.9. The Labute approximate surface area is 123 Å². The van der Waals surface area contributed by atoms with Gasteiger partial charge in [-0.25, -0.2) is 4.68 Å². The van der Waals surface area contributed by atoms with Crippen molar-refractivity contribution < 1.29 is 9.59 Å². The SMILES string of the molecule is CCN(CC(=O)NC(C)C)C(=O)c1cn(C2CNC2)nn1. The number of likely N-dealkylation sites (N-methyl/N-ethyl adjacent to an activating group) is 1. The number of aromatic nitrogens is 3. The lowest BCUT2D eigenvalue weighted by molar-refractivity contribution is -0.122. The van der Waals surface area contributed by atoms with Gasteiger partial charge in [0.2, 0.25) is 5.91 Å². The number of rotatable bonds is 6. The number of nitrogens with one attached hydrogen (secondary N) is 2. The van der Waals surface area contributed by atoms with Crippen LogP contribution in [0.15, 0.2) is 6.20 Å². The molecule has 1 aromatic heterocycles. The molecule has 2 amide bonds. The third-order valence-electron chi connectivity index (χ3n) is 3.32. The summed E-state index contributed by atoms with van der Waals surface area (Å²) >= 11 is 0. The zero-order chi connectivity index (χ0) is 15.4. The largest absolute Gasteiger partial charge is 0.352 e. The third kappa shape index (κ3) is 3.78. The third-order valence-corrected chi connectivity index (χ3v) is 3.32. The summed E-state index contributed by atoms with van der Waals surface area (Å²) in [4.78, 5) is 25.6. The molecule has 8 heteroatoms. The summed E-state index contributed by atoms with van der Waals surface area (Å²) in [7, 11) is 0. The molecule has 21 heavy (non-hydrogen) atoms. The van der Waals surface area contributed by atoms with Gasteiger partial charge in [-0.05, 0) is 20.8 Å². The molecule has 8 nitrogen and oxygen atoms in total. The van der Waals surface area contributed by atoms with Crippen LogP contribution in [-0.2, 0) is 4.79 Å². The van der Waals surface area contributed by atoms with Gasteiger partial charge in [0, 0.05) is 25.7 Å². The molecule has 0 bridgehead atoms. The van der Waals surface area contributed by atoms with Gasteiger partial charge in [-0.1, -0.05) is 5.21 Å². The summed E-state index contributed by atoms with van der Waals surface area (Å²) in [5.41, 5.74) is 0.279. The van der Waals surface area contributed by atoms with Gasteiger partial charge in [-0.3, -0.25) is 9.59 Å². The Kier molecular flexibility index (Phi) is 4.89. The van der Waals surface area contributed by atoms with E-state index in [9.17, 15) is 9.59 Å². The van der Waals surface area contributed by atoms with Gasteiger partial charge in [-0.2, -0.15) is 0 Å². The molecular weight excluding hydrogens is 272 g/mol. The smallest absolute Gasteiger partial charge is 0.276 e. The molecule has 0 aromatic carbocycles. The molecule has 1 aromatic rings. The molecule has 0 spiro atoms. The summed E-state index contributed by atoms with van der Waals surface area (Å²) in [6, 6.07) is 0.316. The van der Waals surface area contributed by atoms with E-state index in [0.717, 1.165) is 13.1 Å². The quantitative estimate of drug-likeness (QED) is 0.731. The second-order valence-corrected chi connectivity index (χ2v) is 5.44. The van der Waals surface area contributed by atoms with Crippen LogP contribution in [0.5, 0.6) is 0 Å². The molecule has 1 aliphatic rings. The molecule has 1 saturated heterocycles. The van der Waals surface area contributed by atoms with Crippen molar-refractivity contribution in [2.75, 3.05) is 26.2 Å². The molecule has 116 valence electrons. The Morgan fingerprint density at radius 2 is 2.24 bits per heavy atom. The average Bonchev–Trinajstić information content (AvgIpc) is 2.81. The lowest BCUT2D eigenvalue weighted by Crippen LogP contribution is -2.43. The summed E-state index contributed by atoms with van der Waals surface area (Å²) < 4.78 is 1.70. The van der Waals surface area contributed by atoms with Crippen LogP contribution in [0.4, 0.5) is 0 Å². The Morgan fingerprint density at radius 3 is 2.76 bits per heavy atom. The topological polar surface area (TPSA) is 92.2 Å². The fourth-order valence-corrected chi connectivity index (χ4v) is 2.04. The van der Waals surface area contributed by atoms with Crippen molar-refractivity contribution in [2.24, 2.45) is 0 Å². The van der Waals surface area contributed by atoms with Crippen LogP contribution >= 0.6 is 0 Å². The van der Waals surface area contributed by atoms with Gasteiger partial charge in [0.1, 0.15) is 0 Å². The Bertz CT molecular complexity index is 509. The number of hydrogen-bond acceptors (Lipinski definition) is 5. The molecule has 2 N–H and O–H groups in total. The van der Waals surface area contributed by atoms with Gasteiger partial charge < -0.3 is 15.5 Å². The van der Waals surface area contributed by atoms with Gasteiger partial charge in [0.05, 0.1) is 18.8 Å². The van der Waals surface area contributed by atoms with Crippen LogP contribution in [0, 0.1) is 0 Å². The van der Waals surface area contributed by atoms with Crippen molar-refractivity contribution in [1.82, 2.24) is 30.5 Å². The van der Waals surface area contributed by atoms with Crippen molar-refractivity contribution in [3.63, 3.8) is 0 Å². The van der Waals surface area contributed by atoms with Crippen LogP contribution in [0.25, 0.3) is 0 Å². The maximum absolute atomic E-state index is 12.4. The maximum Gasteiger partial charge on any atom is 0.276 e. The maximum atomic E-state index is 12.4. The van der Waals surface area contributed by atoms with Gasteiger partial charge >= 0.3 is 0 Å². The van der Waals surface area contributed by atoms with Gasteiger partial charge in [0.15, 0.2) is 5.69 Å². The van der Waals surface area contributed by atoms with E-state index in [0.29, 0.717) is 6.54 Å². The van der Waals surface area contributed by atoms with Crippen LogP contribution < -0.4 is 10.6 Å². The molecule has 0 radical (unpaired) electrons. The minimum atomic E-state index is -0.269. The molecule has 1 aliphatic heterocycles. The predicted octanol–water partition coefficient (Wildman–Crippen LogP) is -0.591. The first kappa shape index (κ1) is 15.4. The summed E-state index contributed by atoms with van der Waals surface area (Å²) in [5.74, 6) is -0.439. The van der Waals surface area contributed by atoms with E-state index in [1.165, 1.54) is 4.90 Å². The average molecular weight is 294 g/mol. The monoisotopic (exact) mass is 294 g/mol. The minimum Gasteiger partial charge on any atom is -0.352 e. The molecule has 0 saturated carbocycles. The van der Waals surface area contributed by atoms with Crippen molar-refractivity contribution in [3.05, 3.63) is 11.9 Å². The van der Waals surface area contributed by atoms with E-state index >= 15 is 0 Å². The highest BCUT2D eigenvalue weighted by Gasteiger charge is 2.24. The van der Waals surface area contributed by atoms with Crippen molar-refractivity contribution >= 4 is 11.8 Å². The summed E-state index contributed by atoms with van der Waals surface area (Å²) in [6.07, 6.45) is 1.65. The second kappa shape index (κ2) is 6.66. The first-order valence-electron chi connectivity index (χ1n) is 7.22. The fraction of sp³-hybridized carbons (Fsp3) is 0.692. The second-order valence-electron chi connectivity index (χ2n) is 5.44. The predicted molar refractivity (Wildman–Crippen MR) is 76.8 cm³/mol. The van der Waals surface area contributed by atoms with Crippen LogP contribution in [0.2, 0.25) is 0 Å². The highest BCUT2D eigenvalue weighted by atomic mass is 16.2. The Hall–Kier alpha value is -1.96. The van der Waals surface area contributed by atoms with Crippen molar-refractivity contribution in [1.29, 1.82) is 0 Å². The molecule has 2 rings (SSSR count). The van der Waals surface area contributed by atoms with Gasteiger partial charge in [-0.15, -0.1) is 5.10 Å². The molecular formula is C13H22N6O2. The first-order chi connectivity index (χ1) is 10.0. The van der Waals surface area contributed by atoms with E-state index in [1.807, 2.05) is 20.8 Å². The first-order valence-corrected chi connectivity index (χ1v) is 7.22. The molecule has 0 aliphatic carbocycles. The standard InChI is InChI=1S/C13H22N6O2/c1-4-18(8-12(20)15-9(2)3)13(21)11-7-19(17-16-11)10-5-14-6-10/h7,9-10,14H,4-6,8H2,1-3H3,(H,15,20). The lowest BCUT2D eigenvalue weighted by atomic mass is 10.2. The summed E-state index contributed by atoms with van der Waals surface area (Å²) in [6.45, 7) is 7.76. The van der Waals surface area contributed by atoms with Crippen molar-refractivity contribution in [2.45, 2.75) is 32.9 Å². The van der Waals surface area contributed by atoms with E-state index in [2.05, 4.69) is 20.9 Å². The lowest BCUT2D eigenvalue weighted by Gasteiger charge is -2.26. The van der Waals surface area contributed by atoms with E-state index in [-0.39, 0.29) is 36.1 Å². The zero-order valence-corrected chi connectivity index (χ0v) is 12.7. The number of carbonyl (C=O) groups excluding carboxylic acids is 2. The highest BCUT2D eigenvalue weighted by molar-refractivity contribution is 5.94. The van der Waals surface area contributed by atoms with Crippen LogP contribution in [0.1, 0.15) is 37.3 Å².